The number of rotatable bonds is 2. The van der Waals surface area contributed by atoms with E-state index in [2.05, 4.69) is 30.8 Å². The first-order chi connectivity index (χ1) is 7.12. The second kappa shape index (κ2) is 3.82. The third-order valence-electron chi connectivity index (χ3n) is 3.45. The van der Waals surface area contributed by atoms with E-state index in [-0.39, 0.29) is 5.54 Å². The normalized spacial score (nSPS) is 19.1. The standard InChI is InChI=1S/C14H19N/c1-11(2)12-5-7-13(8-6-12)14(15)9-3-4-10-14/h5-8H,1,3-4,9-10,15H2,2H3. The van der Waals surface area contributed by atoms with Gasteiger partial charge in [-0.15, -0.1) is 0 Å². The average Bonchev–Trinajstić information content (AvgIpc) is 2.67. The van der Waals surface area contributed by atoms with Gasteiger partial charge in [0, 0.05) is 5.54 Å². The fourth-order valence-electron chi connectivity index (χ4n) is 2.38. The van der Waals surface area contributed by atoms with E-state index in [0.29, 0.717) is 0 Å². The summed E-state index contributed by atoms with van der Waals surface area (Å²) in [6.45, 7) is 5.97. The summed E-state index contributed by atoms with van der Waals surface area (Å²) in [4.78, 5) is 0. The lowest BCUT2D eigenvalue weighted by atomic mass is 9.88. The zero-order valence-corrected chi connectivity index (χ0v) is 9.42. The second-order valence-electron chi connectivity index (χ2n) is 4.72. The highest BCUT2D eigenvalue weighted by Crippen LogP contribution is 2.36. The van der Waals surface area contributed by atoms with Crippen LogP contribution < -0.4 is 5.73 Å². The zero-order valence-electron chi connectivity index (χ0n) is 9.42. The number of hydrogen-bond donors (Lipinski definition) is 1. The molecule has 1 saturated carbocycles. The van der Waals surface area contributed by atoms with E-state index in [1.54, 1.807) is 0 Å². The summed E-state index contributed by atoms with van der Waals surface area (Å²) < 4.78 is 0. The Morgan fingerprint density at radius 3 is 2.20 bits per heavy atom. The Hall–Kier alpha value is -1.08. The minimum atomic E-state index is -0.0619. The molecule has 1 aliphatic rings. The minimum absolute atomic E-state index is 0.0619. The summed E-state index contributed by atoms with van der Waals surface area (Å²) in [5, 5.41) is 0. The van der Waals surface area contributed by atoms with Crippen LogP contribution in [0.4, 0.5) is 0 Å². The SMILES string of the molecule is C=C(C)c1ccc(C2(N)CCCC2)cc1. The maximum Gasteiger partial charge on any atom is 0.0409 e. The molecule has 80 valence electrons. The second-order valence-corrected chi connectivity index (χ2v) is 4.72. The Bertz CT molecular complexity index is 355. The maximum atomic E-state index is 6.38. The summed E-state index contributed by atoms with van der Waals surface area (Å²) in [7, 11) is 0. The van der Waals surface area contributed by atoms with Crippen LogP contribution in [-0.2, 0) is 5.54 Å². The number of benzene rings is 1. The maximum absolute atomic E-state index is 6.38. The molecular weight excluding hydrogens is 182 g/mol. The summed E-state index contributed by atoms with van der Waals surface area (Å²) in [6.07, 6.45) is 4.77. The molecule has 2 N–H and O–H groups in total. The average molecular weight is 201 g/mol. The molecule has 0 bridgehead atoms. The molecule has 1 heteroatoms. The van der Waals surface area contributed by atoms with Crippen molar-refractivity contribution < 1.29 is 0 Å². The molecule has 1 aromatic carbocycles. The van der Waals surface area contributed by atoms with E-state index in [4.69, 9.17) is 5.73 Å². The van der Waals surface area contributed by atoms with E-state index >= 15 is 0 Å². The van der Waals surface area contributed by atoms with E-state index in [0.717, 1.165) is 18.4 Å². The third-order valence-corrected chi connectivity index (χ3v) is 3.45. The first-order valence-corrected chi connectivity index (χ1v) is 5.67. The number of nitrogens with two attached hydrogens (primary N) is 1. The molecule has 1 aliphatic carbocycles. The van der Waals surface area contributed by atoms with E-state index < -0.39 is 0 Å². The van der Waals surface area contributed by atoms with Gasteiger partial charge in [0.1, 0.15) is 0 Å². The summed E-state index contributed by atoms with van der Waals surface area (Å²) >= 11 is 0. The minimum Gasteiger partial charge on any atom is -0.321 e. The van der Waals surface area contributed by atoms with Crippen molar-refractivity contribution in [1.82, 2.24) is 0 Å². The molecule has 0 unspecified atom stereocenters. The highest BCUT2D eigenvalue weighted by molar-refractivity contribution is 5.61. The van der Waals surface area contributed by atoms with Gasteiger partial charge in [0.15, 0.2) is 0 Å². The van der Waals surface area contributed by atoms with Crippen LogP contribution in [0.25, 0.3) is 5.57 Å². The van der Waals surface area contributed by atoms with Gasteiger partial charge >= 0.3 is 0 Å². The van der Waals surface area contributed by atoms with Gasteiger partial charge in [-0.2, -0.15) is 0 Å². The van der Waals surface area contributed by atoms with Crippen LogP contribution in [0.1, 0.15) is 43.7 Å². The Morgan fingerprint density at radius 2 is 1.73 bits per heavy atom. The van der Waals surface area contributed by atoms with Crippen molar-refractivity contribution in [3.63, 3.8) is 0 Å². The van der Waals surface area contributed by atoms with Gasteiger partial charge in [-0.25, -0.2) is 0 Å². The zero-order chi connectivity index (χ0) is 10.9. The monoisotopic (exact) mass is 201 g/mol. The van der Waals surface area contributed by atoms with Gasteiger partial charge in [0.25, 0.3) is 0 Å². The van der Waals surface area contributed by atoms with Crippen molar-refractivity contribution in [3.05, 3.63) is 42.0 Å². The van der Waals surface area contributed by atoms with Crippen LogP contribution in [0.3, 0.4) is 0 Å². The fraction of sp³-hybridized carbons (Fsp3) is 0.429. The topological polar surface area (TPSA) is 26.0 Å². The Morgan fingerprint density at radius 1 is 1.20 bits per heavy atom. The molecule has 15 heavy (non-hydrogen) atoms. The molecule has 0 heterocycles. The van der Waals surface area contributed by atoms with Crippen molar-refractivity contribution in [2.75, 3.05) is 0 Å². The number of allylic oxidation sites excluding steroid dienone is 1. The van der Waals surface area contributed by atoms with Crippen molar-refractivity contribution in [2.24, 2.45) is 5.73 Å². The lowest BCUT2D eigenvalue weighted by Gasteiger charge is -2.24. The molecule has 2 rings (SSSR count). The Balaban J connectivity index is 2.26. The third kappa shape index (κ3) is 1.98. The summed E-state index contributed by atoms with van der Waals surface area (Å²) in [5.41, 5.74) is 9.92. The largest absolute Gasteiger partial charge is 0.321 e. The van der Waals surface area contributed by atoms with Gasteiger partial charge in [0.05, 0.1) is 0 Å². The predicted molar refractivity (Wildman–Crippen MR) is 65.5 cm³/mol. The van der Waals surface area contributed by atoms with Crippen LogP contribution in [0.5, 0.6) is 0 Å². The molecule has 1 fully saturated rings. The first kappa shape index (κ1) is 10.4. The van der Waals surface area contributed by atoms with E-state index in [1.165, 1.54) is 24.0 Å². The van der Waals surface area contributed by atoms with Crippen molar-refractivity contribution >= 4 is 5.57 Å². The fourth-order valence-corrected chi connectivity index (χ4v) is 2.38. The van der Waals surface area contributed by atoms with Crippen molar-refractivity contribution in [2.45, 2.75) is 38.1 Å². The van der Waals surface area contributed by atoms with Crippen LogP contribution in [0.2, 0.25) is 0 Å². The molecule has 0 saturated heterocycles. The smallest absolute Gasteiger partial charge is 0.0409 e. The molecule has 0 radical (unpaired) electrons. The molecule has 0 atom stereocenters. The van der Waals surface area contributed by atoms with Crippen LogP contribution in [-0.4, -0.2) is 0 Å². The highest BCUT2D eigenvalue weighted by atomic mass is 14.8. The van der Waals surface area contributed by atoms with Crippen molar-refractivity contribution in [3.8, 4) is 0 Å². The molecular formula is C14H19N. The molecule has 0 aromatic heterocycles. The van der Waals surface area contributed by atoms with Crippen molar-refractivity contribution in [1.29, 1.82) is 0 Å². The van der Waals surface area contributed by atoms with Crippen LogP contribution in [0.15, 0.2) is 30.8 Å². The summed E-state index contributed by atoms with van der Waals surface area (Å²) in [6, 6.07) is 8.58. The molecule has 1 nitrogen and oxygen atoms in total. The predicted octanol–water partition coefficient (Wildman–Crippen LogP) is 3.45. The number of hydrogen-bond acceptors (Lipinski definition) is 1. The first-order valence-electron chi connectivity index (χ1n) is 5.67. The Labute approximate surface area is 92.0 Å². The van der Waals surface area contributed by atoms with E-state index in [1.807, 2.05) is 6.92 Å². The van der Waals surface area contributed by atoms with Gasteiger partial charge in [0.2, 0.25) is 0 Å². The quantitative estimate of drug-likeness (QED) is 0.779. The molecule has 0 amide bonds. The summed E-state index contributed by atoms with van der Waals surface area (Å²) in [5.74, 6) is 0. The van der Waals surface area contributed by atoms with Crippen LogP contribution >= 0.6 is 0 Å². The van der Waals surface area contributed by atoms with E-state index in [9.17, 15) is 0 Å². The molecule has 1 aromatic rings. The Kier molecular flexibility index (Phi) is 2.66. The van der Waals surface area contributed by atoms with Gasteiger partial charge < -0.3 is 5.73 Å². The van der Waals surface area contributed by atoms with Gasteiger partial charge in [-0.1, -0.05) is 49.3 Å². The molecule has 0 aliphatic heterocycles. The highest BCUT2D eigenvalue weighted by Gasteiger charge is 2.30. The lowest BCUT2D eigenvalue weighted by Crippen LogP contribution is -2.32. The van der Waals surface area contributed by atoms with Crippen LogP contribution in [0, 0.1) is 0 Å². The lowest BCUT2D eigenvalue weighted by molar-refractivity contribution is 0.462. The molecule has 0 spiro atoms. The van der Waals surface area contributed by atoms with Gasteiger partial charge in [-0.3, -0.25) is 0 Å². The van der Waals surface area contributed by atoms with Gasteiger partial charge in [-0.05, 0) is 30.9 Å².